The molecule has 0 saturated heterocycles. The van der Waals surface area contributed by atoms with Crippen molar-refractivity contribution in [1.29, 1.82) is 0 Å². The summed E-state index contributed by atoms with van der Waals surface area (Å²) in [6.45, 7) is 8.24. The molecule has 37 heavy (non-hydrogen) atoms. The second-order valence-corrected chi connectivity index (χ2v) is 9.60. The SMILES string of the molecule is CCOc1cccc(N(C(=O)Cn2nnc3ccccc32)[C@@H](C(=O)NC(C)(C)CC)c2cccn2C)c1. The molecule has 2 aromatic carbocycles. The van der Waals surface area contributed by atoms with Gasteiger partial charge in [0.15, 0.2) is 6.04 Å². The lowest BCUT2D eigenvalue weighted by molar-refractivity contribution is -0.128. The van der Waals surface area contributed by atoms with Gasteiger partial charge in [-0.1, -0.05) is 30.3 Å². The summed E-state index contributed by atoms with van der Waals surface area (Å²) in [5.74, 6) is 0.0381. The number of para-hydroxylation sites is 1. The summed E-state index contributed by atoms with van der Waals surface area (Å²) in [4.78, 5) is 29.6. The summed E-state index contributed by atoms with van der Waals surface area (Å²) in [5.41, 5.74) is 2.22. The summed E-state index contributed by atoms with van der Waals surface area (Å²) < 4.78 is 9.15. The van der Waals surface area contributed by atoms with E-state index in [9.17, 15) is 9.59 Å². The van der Waals surface area contributed by atoms with Crippen molar-refractivity contribution in [2.45, 2.75) is 52.2 Å². The third kappa shape index (κ3) is 5.66. The molecular formula is C28H34N6O3. The third-order valence-electron chi connectivity index (χ3n) is 6.50. The number of nitrogens with one attached hydrogen (secondary N) is 1. The van der Waals surface area contributed by atoms with Crippen LogP contribution in [0.1, 0.15) is 45.9 Å². The summed E-state index contributed by atoms with van der Waals surface area (Å²) in [5, 5.41) is 11.5. The van der Waals surface area contributed by atoms with E-state index >= 15 is 0 Å². The van der Waals surface area contributed by atoms with E-state index < -0.39 is 11.6 Å². The second kappa shape index (κ2) is 10.9. The molecule has 9 heteroatoms. The first-order valence-electron chi connectivity index (χ1n) is 12.5. The van der Waals surface area contributed by atoms with Crippen molar-refractivity contribution in [2.24, 2.45) is 7.05 Å². The van der Waals surface area contributed by atoms with Crippen molar-refractivity contribution in [3.05, 3.63) is 72.6 Å². The van der Waals surface area contributed by atoms with Crippen molar-refractivity contribution in [3.63, 3.8) is 0 Å². The lowest BCUT2D eigenvalue weighted by Crippen LogP contribution is -2.51. The normalized spacial score (nSPS) is 12.4. The monoisotopic (exact) mass is 502 g/mol. The van der Waals surface area contributed by atoms with Crippen molar-refractivity contribution in [2.75, 3.05) is 11.5 Å². The van der Waals surface area contributed by atoms with E-state index in [4.69, 9.17) is 4.74 Å². The van der Waals surface area contributed by atoms with E-state index in [2.05, 4.69) is 15.6 Å². The lowest BCUT2D eigenvalue weighted by Gasteiger charge is -2.34. The van der Waals surface area contributed by atoms with Crippen LogP contribution in [0.2, 0.25) is 0 Å². The van der Waals surface area contributed by atoms with Gasteiger partial charge in [0.2, 0.25) is 11.8 Å². The van der Waals surface area contributed by atoms with E-state index in [-0.39, 0.29) is 18.4 Å². The number of rotatable bonds is 10. The molecular weight excluding hydrogens is 468 g/mol. The van der Waals surface area contributed by atoms with Gasteiger partial charge in [0, 0.05) is 30.5 Å². The fourth-order valence-electron chi connectivity index (χ4n) is 4.20. The van der Waals surface area contributed by atoms with Crippen molar-refractivity contribution in [3.8, 4) is 5.75 Å². The highest BCUT2D eigenvalue weighted by Crippen LogP contribution is 2.32. The number of hydrogen-bond donors (Lipinski definition) is 1. The predicted octanol–water partition coefficient (Wildman–Crippen LogP) is 4.25. The molecule has 2 heterocycles. The van der Waals surface area contributed by atoms with Crippen molar-refractivity contribution in [1.82, 2.24) is 24.9 Å². The molecule has 0 unspecified atom stereocenters. The number of hydrogen-bond acceptors (Lipinski definition) is 5. The molecule has 0 spiro atoms. The average molecular weight is 503 g/mol. The first-order valence-corrected chi connectivity index (χ1v) is 12.5. The van der Waals surface area contributed by atoms with E-state index in [1.807, 2.05) is 100 Å². The van der Waals surface area contributed by atoms with Crippen LogP contribution >= 0.6 is 0 Å². The molecule has 0 aliphatic carbocycles. The van der Waals surface area contributed by atoms with E-state index in [0.29, 0.717) is 29.3 Å². The first kappa shape index (κ1) is 25.9. The predicted molar refractivity (Wildman–Crippen MR) is 143 cm³/mol. The van der Waals surface area contributed by atoms with Crippen LogP contribution in [0.25, 0.3) is 11.0 Å². The largest absolute Gasteiger partial charge is 0.494 e. The van der Waals surface area contributed by atoms with Crippen LogP contribution in [0, 0.1) is 0 Å². The molecule has 9 nitrogen and oxygen atoms in total. The molecule has 2 amide bonds. The molecule has 4 aromatic rings. The Bertz CT molecular complexity index is 1390. The van der Waals surface area contributed by atoms with Crippen LogP contribution in [-0.2, 0) is 23.2 Å². The Hall–Kier alpha value is -4.14. The number of carbonyl (C=O) groups is 2. The maximum atomic E-state index is 14.1. The number of fused-ring (bicyclic) bond motifs is 1. The summed E-state index contributed by atoms with van der Waals surface area (Å²) >= 11 is 0. The topological polar surface area (TPSA) is 94.3 Å². The van der Waals surface area contributed by atoms with Crippen LogP contribution in [0.4, 0.5) is 5.69 Å². The van der Waals surface area contributed by atoms with Gasteiger partial charge >= 0.3 is 0 Å². The Balaban J connectivity index is 1.83. The zero-order chi connectivity index (χ0) is 26.6. The molecule has 0 aliphatic rings. The number of benzene rings is 2. The minimum atomic E-state index is -0.926. The number of aromatic nitrogens is 4. The van der Waals surface area contributed by atoms with Crippen molar-refractivity contribution < 1.29 is 14.3 Å². The highest BCUT2D eigenvalue weighted by Gasteiger charge is 2.36. The minimum absolute atomic E-state index is 0.0925. The number of anilines is 1. The van der Waals surface area contributed by atoms with Crippen LogP contribution in [0.3, 0.4) is 0 Å². The highest BCUT2D eigenvalue weighted by molar-refractivity contribution is 6.01. The fraction of sp³-hybridized carbons (Fsp3) is 0.357. The minimum Gasteiger partial charge on any atom is -0.494 e. The number of aryl methyl sites for hydroxylation is 1. The summed E-state index contributed by atoms with van der Waals surface area (Å²) in [6.07, 6.45) is 2.60. The zero-order valence-corrected chi connectivity index (χ0v) is 22.0. The number of carbonyl (C=O) groups excluding carboxylic acids is 2. The van der Waals surface area contributed by atoms with Crippen molar-refractivity contribution >= 4 is 28.5 Å². The molecule has 0 radical (unpaired) electrons. The third-order valence-corrected chi connectivity index (χ3v) is 6.50. The smallest absolute Gasteiger partial charge is 0.249 e. The number of nitrogens with zero attached hydrogens (tertiary/aromatic N) is 5. The van der Waals surface area contributed by atoms with Gasteiger partial charge in [-0.05, 0) is 63.6 Å². The highest BCUT2D eigenvalue weighted by atomic mass is 16.5. The van der Waals surface area contributed by atoms with Gasteiger partial charge in [-0.15, -0.1) is 5.10 Å². The number of amides is 2. The van der Waals surface area contributed by atoms with E-state index in [1.54, 1.807) is 10.7 Å². The maximum absolute atomic E-state index is 14.1. The molecule has 4 rings (SSSR count). The molecule has 1 N–H and O–H groups in total. The van der Waals surface area contributed by atoms with Gasteiger partial charge in [0.1, 0.15) is 17.8 Å². The summed E-state index contributed by atoms with van der Waals surface area (Å²) in [6, 6.07) is 17.5. The van der Waals surface area contributed by atoms with Gasteiger partial charge < -0.3 is 14.6 Å². The van der Waals surface area contributed by atoms with Crippen LogP contribution in [0.15, 0.2) is 66.9 Å². The Morgan fingerprint density at radius 1 is 1.08 bits per heavy atom. The second-order valence-electron chi connectivity index (χ2n) is 9.60. The zero-order valence-electron chi connectivity index (χ0n) is 22.0. The Morgan fingerprint density at radius 2 is 1.86 bits per heavy atom. The Kier molecular flexibility index (Phi) is 7.61. The van der Waals surface area contributed by atoms with E-state index in [0.717, 1.165) is 11.9 Å². The van der Waals surface area contributed by atoms with E-state index in [1.165, 1.54) is 4.90 Å². The standard InChI is InChI=1S/C28H34N6O3/c1-6-28(3,4)29-27(36)26(24-16-11-17-32(24)5)34(20-12-10-13-21(18-20)37-7-2)25(35)19-33-23-15-9-8-14-22(23)30-31-33/h8-18,26H,6-7,19H2,1-5H3,(H,29,36)/t26-/m1/s1. The molecule has 0 bridgehead atoms. The fourth-order valence-corrected chi connectivity index (χ4v) is 4.20. The average Bonchev–Trinajstić information content (AvgIpc) is 3.48. The Morgan fingerprint density at radius 3 is 2.57 bits per heavy atom. The first-order chi connectivity index (χ1) is 17.7. The van der Waals surface area contributed by atoms with Gasteiger partial charge in [-0.25, -0.2) is 4.68 Å². The van der Waals surface area contributed by atoms with Crippen LogP contribution < -0.4 is 15.0 Å². The lowest BCUT2D eigenvalue weighted by atomic mass is 10.00. The number of ether oxygens (including phenoxy) is 1. The quantitative estimate of drug-likeness (QED) is 0.350. The van der Waals surface area contributed by atoms with Crippen LogP contribution in [-0.4, -0.2) is 43.5 Å². The van der Waals surface area contributed by atoms with Gasteiger partial charge in [-0.2, -0.15) is 0 Å². The Labute approximate surface area is 217 Å². The summed E-state index contributed by atoms with van der Waals surface area (Å²) in [7, 11) is 1.87. The molecule has 194 valence electrons. The molecule has 0 aliphatic heterocycles. The molecule has 0 saturated carbocycles. The molecule has 0 fully saturated rings. The van der Waals surface area contributed by atoms with Gasteiger partial charge in [0.25, 0.3) is 0 Å². The molecule has 2 aromatic heterocycles. The van der Waals surface area contributed by atoms with Gasteiger partial charge in [0.05, 0.1) is 17.8 Å². The van der Waals surface area contributed by atoms with Crippen LogP contribution in [0.5, 0.6) is 5.75 Å². The molecule has 1 atom stereocenters. The van der Waals surface area contributed by atoms with Gasteiger partial charge in [-0.3, -0.25) is 14.5 Å². The maximum Gasteiger partial charge on any atom is 0.249 e.